The monoisotopic (exact) mass is 169 g/mol. The summed E-state index contributed by atoms with van der Waals surface area (Å²) in [6.45, 7) is 4.27. The maximum atomic E-state index is 5.30. The number of ether oxygens (including phenoxy) is 1. The molecule has 0 fully saturated rings. The van der Waals surface area contributed by atoms with Crippen LogP contribution in [0.5, 0.6) is 0 Å². The van der Waals surface area contributed by atoms with E-state index in [1.54, 1.807) is 0 Å². The van der Waals surface area contributed by atoms with Gasteiger partial charge in [0.15, 0.2) is 0 Å². The lowest BCUT2D eigenvalue weighted by Crippen LogP contribution is -2.03. The van der Waals surface area contributed by atoms with E-state index in [2.05, 4.69) is 13.0 Å². The maximum absolute atomic E-state index is 5.30. The average Bonchev–Trinajstić information content (AvgIpc) is 2.10. The second kappa shape index (κ2) is 10.4. The number of nitrogens with two attached hydrogens (primary N) is 1. The van der Waals surface area contributed by atoms with Crippen LogP contribution in [0.2, 0.25) is 0 Å². The zero-order chi connectivity index (χ0) is 9.07. The van der Waals surface area contributed by atoms with E-state index in [1.807, 2.05) is 18.2 Å². The Morgan fingerprint density at radius 2 is 2.00 bits per heavy atom. The normalized spacial score (nSPS) is 11.8. The molecule has 2 N–H and O–H groups in total. The lowest BCUT2D eigenvalue weighted by atomic mass is 10.4. The first-order chi connectivity index (χ1) is 5.91. The molecule has 0 heterocycles. The summed E-state index contributed by atoms with van der Waals surface area (Å²) in [6.07, 6.45) is 10.2. The van der Waals surface area contributed by atoms with Crippen LogP contribution in [-0.4, -0.2) is 19.8 Å². The molecule has 0 aromatic carbocycles. The van der Waals surface area contributed by atoms with E-state index in [9.17, 15) is 0 Å². The minimum atomic E-state index is 0.689. The molecule has 0 bridgehead atoms. The predicted octanol–water partition coefficient (Wildman–Crippen LogP) is 1.87. The van der Waals surface area contributed by atoms with Gasteiger partial charge in [0.2, 0.25) is 0 Å². The van der Waals surface area contributed by atoms with Gasteiger partial charge in [-0.2, -0.15) is 0 Å². The van der Waals surface area contributed by atoms with Crippen LogP contribution in [0.4, 0.5) is 0 Å². The van der Waals surface area contributed by atoms with Crippen molar-refractivity contribution >= 4 is 0 Å². The molecule has 0 rings (SSSR count). The van der Waals surface area contributed by atoms with Crippen molar-refractivity contribution in [3.63, 3.8) is 0 Å². The molecular weight excluding hydrogens is 150 g/mol. The first-order valence-electron chi connectivity index (χ1n) is 4.51. The van der Waals surface area contributed by atoms with Gasteiger partial charge in [-0.1, -0.05) is 31.2 Å². The summed E-state index contributed by atoms with van der Waals surface area (Å²) in [5, 5.41) is 0. The summed E-state index contributed by atoms with van der Waals surface area (Å²) in [7, 11) is 0. The smallest absolute Gasteiger partial charge is 0.0650 e. The third-order valence-corrected chi connectivity index (χ3v) is 1.33. The summed E-state index contributed by atoms with van der Waals surface area (Å²) in [5.74, 6) is 0. The van der Waals surface area contributed by atoms with Crippen LogP contribution in [0.3, 0.4) is 0 Å². The van der Waals surface area contributed by atoms with Crippen LogP contribution in [0.1, 0.15) is 19.8 Å². The lowest BCUT2D eigenvalue weighted by Gasteiger charge is -1.96. The van der Waals surface area contributed by atoms with Crippen molar-refractivity contribution in [2.45, 2.75) is 19.8 Å². The van der Waals surface area contributed by atoms with Crippen molar-refractivity contribution in [2.75, 3.05) is 19.8 Å². The molecule has 0 aliphatic rings. The Morgan fingerprint density at radius 3 is 2.67 bits per heavy atom. The fourth-order valence-corrected chi connectivity index (χ4v) is 0.686. The van der Waals surface area contributed by atoms with Crippen LogP contribution in [0, 0.1) is 0 Å². The molecule has 0 saturated carbocycles. The zero-order valence-corrected chi connectivity index (χ0v) is 7.83. The molecule has 0 spiro atoms. The van der Waals surface area contributed by atoms with E-state index in [4.69, 9.17) is 10.5 Å². The molecule has 0 aliphatic carbocycles. The topological polar surface area (TPSA) is 35.2 Å². The largest absolute Gasteiger partial charge is 0.377 e. The van der Waals surface area contributed by atoms with Gasteiger partial charge in [0, 0.05) is 6.61 Å². The fourth-order valence-electron chi connectivity index (χ4n) is 0.686. The molecule has 0 unspecified atom stereocenters. The molecule has 12 heavy (non-hydrogen) atoms. The first kappa shape index (κ1) is 11.4. The molecule has 0 aromatic rings. The number of hydrogen-bond acceptors (Lipinski definition) is 2. The highest BCUT2D eigenvalue weighted by atomic mass is 16.5. The Bertz CT molecular complexity index is 130. The molecule has 2 nitrogen and oxygen atoms in total. The zero-order valence-electron chi connectivity index (χ0n) is 7.83. The molecule has 0 aromatic heterocycles. The van der Waals surface area contributed by atoms with Crippen LogP contribution in [0.15, 0.2) is 24.3 Å². The van der Waals surface area contributed by atoms with Gasteiger partial charge >= 0.3 is 0 Å². The van der Waals surface area contributed by atoms with Gasteiger partial charge in [0.05, 0.1) is 6.61 Å². The Kier molecular flexibility index (Phi) is 9.88. The molecule has 0 atom stereocenters. The van der Waals surface area contributed by atoms with E-state index in [0.717, 1.165) is 19.4 Å². The molecule has 0 aliphatic heterocycles. The quantitative estimate of drug-likeness (QED) is 0.466. The van der Waals surface area contributed by atoms with Crippen molar-refractivity contribution < 1.29 is 4.74 Å². The minimum Gasteiger partial charge on any atom is -0.377 e. The summed E-state index contributed by atoms with van der Waals surface area (Å²) >= 11 is 0. The molecule has 0 radical (unpaired) electrons. The van der Waals surface area contributed by atoms with Gasteiger partial charge < -0.3 is 10.5 Å². The SMILES string of the molecule is CC/C=C\C=C/COCCCN. The van der Waals surface area contributed by atoms with E-state index in [1.165, 1.54) is 0 Å². The summed E-state index contributed by atoms with van der Waals surface area (Å²) in [4.78, 5) is 0. The Labute approximate surface area is 75.1 Å². The van der Waals surface area contributed by atoms with Crippen molar-refractivity contribution in [1.82, 2.24) is 0 Å². The third-order valence-electron chi connectivity index (χ3n) is 1.33. The number of allylic oxidation sites excluding steroid dienone is 3. The van der Waals surface area contributed by atoms with Gasteiger partial charge in [0.25, 0.3) is 0 Å². The Morgan fingerprint density at radius 1 is 1.25 bits per heavy atom. The molecule has 0 saturated heterocycles. The minimum absolute atomic E-state index is 0.689. The van der Waals surface area contributed by atoms with Gasteiger partial charge in [0.1, 0.15) is 0 Å². The van der Waals surface area contributed by atoms with Crippen LogP contribution in [-0.2, 0) is 4.74 Å². The molecule has 70 valence electrons. The number of hydrogen-bond donors (Lipinski definition) is 1. The second-order valence-electron chi connectivity index (χ2n) is 2.48. The third kappa shape index (κ3) is 9.40. The standard InChI is InChI=1S/C10H19NO/c1-2-3-4-5-6-9-12-10-7-8-11/h3-6H,2,7-11H2,1H3/b4-3-,6-5-. The van der Waals surface area contributed by atoms with Crippen LogP contribution in [0.25, 0.3) is 0 Å². The van der Waals surface area contributed by atoms with Gasteiger partial charge in [-0.05, 0) is 19.4 Å². The fraction of sp³-hybridized carbons (Fsp3) is 0.600. The van der Waals surface area contributed by atoms with Crippen molar-refractivity contribution in [1.29, 1.82) is 0 Å². The van der Waals surface area contributed by atoms with E-state index < -0.39 is 0 Å². The Hall–Kier alpha value is -0.600. The van der Waals surface area contributed by atoms with Gasteiger partial charge in [-0.3, -0.25) is 0 Å². The van der Waals surface area contributed by atoms with E-state index >= 15 is 0 Å². The van der Waals surface area contributed by atoms with Gasteiger partial charge in [-0.25, -0.2) is 0 Å². The molecule has 0 amide bonds. The first-order valence-corrected chi connectivity index (χ1v) is 4.51. The second-order valence-corrected chi connectivity index (χ2v) is 2.48. The average molecular weight is 169 g/mol. The summed E-state index contributed by atoms with van der Waals surface area (Å²) in [6, 6.07) is 0. The lowest BCUT2D eigenvalue weighted by molar-refractivity contribution is 0.161. The molecular formula is C10H19NO. The molecule has 2 heteroatoms. The van der Waals surface area contributed by atoms with Crippen LogP contribution >= 0.6 is 0 Å². The maximum Gasteiger partial charge on any atom is 0.0650 e. The van der Waals surface area contributed by atoms with Gasteiger partial charge in [-0.15, -0.1) is 0 Å². The highest BCUT2D eigenvalue weighted by molar-refractivity contribution is 5.01. The van der Waals surface area contributed by atoms with Crippen molar-refractivity contribution in [3.8, 4) is 0 Å². The Balaban J connectivity index is 3.07. The van der Waals surface area contributed by atoms with Crippen LogP contribution < -0.4 is 5.73 Å². The predicted molar refractivity (Wildman–Crippen MR) is 53.1 cm³/mol. The number of rotatable bonds is 7. The van der Waals surface area contributed by atoms with Crippen molar-refractivity contribution in [3.05, 3.63) is 24.3 Å². The van der Waals surface area contributed by atoms with E-state index in [-0.39, 0.29) is 0 Å². The highest BCUT2D eigenvalue weighted by Gasteiger charge is 1.81. The summed E-state index contributed by atoms with van der Waals surface area (Å²) in [5.41, 5.74) is 5.30. The summed E-state index contributed by atoms with van der Waals surface area (Å²) < 4.78 is 5.25. The van der Waals surface area contributed by atoms with Crippen molar-refractivity contribution in [2.24, 2.45) is 5.73 Å². The highest BCUT2D eigenvalue weighted by Crippen LogP contribution is 1.84. The van der Waals surface area contributed by atoms with E-state index in [0.29, 0.717) is 13.2 Å².